The Bertz CT molecular complexity index is 1330. The van der Waals surface area contributed by atoms with Crippen molar-refractivity contribution in [2.45, 2.75) is 93.4 Å². The summed E-state index contributed by atoms with van der Waals surface area (Å²) in [6.45, 7) is 24.5. The third kappa shape index (κ3) is 10.3. The second kappa shape index (κ2) is 16.0. The van der Waals surface area contributed by atoms with Crippen LogP contribution < -0.4 is 24.8 Å². The molecule has 0 saturated heterocycles. The zero-order chi connectivity index (χ0) is 29.8. The number of fused-ring (bicyclic) bond motifs is 3. The maximum Gasteiger partial charge on any atom is -1.00 e. The molecule has 3 heteroatoms. The van der Waals surface area contributed by atoms with Crippen LogP contribution in [0.25, 0.3) is 11.1 Å². The third-order valence-corrected chi connectivity index (χ3v) is 8.52. The van der Waals surface area contributed by atoms with Crippen molar-refractivity contribution >= 4 is 3.71 Å². The molecule has 224 valence electrons. The standard InChI is InChI=1S/C21H25.C10H15.C8H8.2ClH.Zr/c1-20(2,3)16-9-7-14-11-15-8-10-17(21(4,5)6)13-19(15)18(14)12-16;1-7(2)10-6-8(3)5-9(10)4;1-7-3-5-8(2)6-4-7;;;/h7,9-10,12-13H,11H2,1-6H3;6-8H,1-4H3;1,3-6H,2H3;2*1H;/q2*-1;;;;+2/p-2. The summed E-state index contributed by atoms with van der Waals surface area (Å²) in [4.78, 5) is 0. The fourth-order valence-electron chi connectivity index (χ4n) is 5.13. The summed E-state index contributed by atoms with van der Waals surface area (Å²) >= 11 is 1.47. The molecule has 1 unspecified atom stereocenters. The Hall–Kier alpha value is -1.53. The molecule has 42 heavy (non-hydrogen) atoms. The van der Waals surface area contributed by atoms with E-state index in [1.54, 1.807) is 0 Å². The van der Waals surface area contributed by atoms with E-state index in [4.69, 9.17) is 0 Å². The minimum atomic E-state index is 0. The van der Waals surface area contributed by atoms with Gasteiger partial charge in [0.2, 0.25) is 0 Å². The fraction of sp³-hybridized carbons (Fsp3) is 0.410. The van der Waals surface area contributed by atoms with Gasteiger partial charge in [0.15, 0.2) is 0 Å². The molecule has 5 rings (SSSR count). The second-order valence-corrected chi connectivity index (χ2v) is 14.4. The maximum atomic E-state index is 3.53. The average Bonchev–Trinajstić information content (AvgIpc) is 3.42. The summed E-state index contributed by atoms with van der Waals surface area (Å²) in [5.74, 6) is 1.20. The van der Waals surface area contributed by atoms with E-state index in [2.05, 4.69) is 153 Å². The van der Waals surface area contributed by atoms with Gasteiger partial charge in [0.25, 0.3) is 0 Å². The van der Waals surface area contributed by atoms with Crippen molar-refractivity contribution in [1.29, 1.82) is 0 Å². The second-order valence-electron chi connectivity index (χ2n) is 13.7. The zero-order valence-corrected chi connectivity index (χ0v) is 31.4. The van der Waals surface area contributed by atoms with E-state index < -0.39 is 0 Å². The number of hydrogen-bond acceptors (Lipinski definition) is 0. The summed E-state index contributed by atoms with van der Waals surface area (Å²) in [5, 5.41) is 0. The number of halogens is 2. The molecule has 3 aromatic carbocycles. The summed E-state index contributed by atoms with van der Waals surface area (Å²) < 4.78 is 2.19. The van der Waals surface area contributed by atoms with E-state index in [0.29, 0.717) is 11.8 Å². The van der Waals surface area contributed by atoms with Gasteiger partial charge in [0.05, 0.1) is 0 Å². The Morgan fingerprint density at radius 1 is 0.833 bits per heavy atom. The molecule has 0 bridgehead atoms. The van der Waals surface area contributed by atoms with Gasteiger partial charge < -0.3 is 24.8 Å². The predicted molar refractivity (Wildman–Crippen MR) is 172 cm³/mol. The normalized spacial score (nSPS) is 15.0. The van der Waals surface area contributed by atoms with Gasteiger partial charge in [-0.15, -0.1) is 5.56 Å². The van der Waals surface area contributed by atoms with Gasteiger partial charge in [-0.05, 0) is 17.4 Å². The van der Waals surface area contributed by atoms with Gasteiger partial charge in [-0.2, -0.15) is 41.0 Å². The maximum absolute atomic E-state index is 3.53. The summed E-state index contributed by atoms with van der Waals surface area (Å²) in [6, 6.07) is 23.6. The number of allylic oxidation sites excluding steroid dienone is 4. The van der Waals surface area contributed by atoms with Crippen molar-refractivity contribution < 1.29 is 49.0 Å². The van der Waals surface area contributed by atoms with Crippen molar-refractivity contribution in [3.8, 4) is 11.1 Å². The molecule has 0 nitrogen and oxygen atoms in total. The summed E-state index contributed by atoms with van der Waals surface area (Å²) in [6.07, 6.45) is 6.71. The molecule has 3 aromatic rings. The first-order valence-electron chi connectivity index (χ1n) is 14.7. The Balaban J connectivity index is 0.000000353. The topological polar surface area (TPSA) is 0 Å². The van der Waals surface area contributed by atoms with Gasteiger partial charge in [-0.1, -0.05) is 116 Å². The molecule has 1 atom stereocenters. The number of benzene rings is 3. The van der Waals surface area contributed by atoms with E-state index in [1.165, 1.54) is 79.9 Å². The van der Waals surface area contributed by atoms with Crippen LogP contribution in [-0.4, -0.2) is 3.71 Å². The van der Waals surface area contributed by atoms with E-state index in [9.17, 15) is 0 Å². The van der Waals surface area contributed by atoms with Crippen LogP contribution in [-0.2, 0) is 41.5 Å². The Kier molecular flexibility index (Phi) is 14.6. The van der Waals surface area contributed by atoms with Gasteiger partial charge >= 0.3 is 70.3 Å². The average molecular weight is 679 g/mol. The van der Waals surface area contributed by atoms with E-state index in [-0.39, 0.29) is 35.6 Å². The van der Waals surface area contributed by atoms with Crippen LogP contribution in [0.1, 0.15) is 103 Å². The molecule has 2 aliphatic carbocycles. The van der Waals surface area contributed by atoms with Gasteiger partial charge in [-0.25, -0.2) is 5.57 Å². The van der Waals surface area contributed by atoms with E-state index in [1.807, 2.05) is 0 Å². The molecule has 0 spiro atoms. The number of hydrogen-bond donors (Lipinski definition) is 0. The molecule has 0 saturated carbocycles. The molecule has 0 amide bonds. The van der Waals surface area contributed by atoms with Crippen molar-refractivity contribution in [3.05, 3.63) is 117 Å². The van der Waals surface area contributed by atoms with Crippen LogP contribution in [0.4, 0.5) is 0 Å². The first-order chi connectivity index (χ1) is 18.6. The largest absolute Gasteiger partial charge is 1.00 e. The summed E-state index contributed by atoms with van der Waals surface area (Å²) in [7, 11) is 0. The monoisotopic (exact) mass is 676 g/mol. The van der Waals surface area contributed by atoms with Gasteiger partial charge in [-0.3, -0.25) is 6.08 Å². The van der Waals surface area contributed by atoms with Crippen molar-refractivity contribution in [2.24, 2.45) is 11.8 Å². The SMILES string of the molecule is CC(C)(C)c1c[c-]c2c(c1)-c1cc(C(C)(C)C)ccc1C2.CC1=[C-]C(C)C=C1C(C)C.Cc1ccc([CH]=[Zr+2])cc1.[Cl-].[Cl-]. The van der Waals surface area contributed by atoms with Crippen LogP contribution in [0.15, 0.2) is 71.8 Å². The number of rotatable bonds is 2. The quantitative estimate of drug-likeness (QED) is 0.278. The summed E-state index contributed by atoms with van der Waals surface area (Å²) in [5.41, 5.74) is 14.3. The van der Waals surface area contributed by atoms with Crippen molar-refractivity contribution in [3.63, 3.8) is 0 Å². The Labute approximate surface area is 284 Å². The van der Waals surface area contributed by atoms with Crippen LogP contribution >= 0.6 is 0 Å². The van der Waals surface area contributed by atoms with Gasteiger partial charge in [0, 0.05) is 0 Å². The van der Waals surface area contributed by atoms with Crippen LogP contribution in [0.2, 0.25) is 0 Å². The molecule has 0 fully saturated rings. The van der Waals surface area contributed by atoms with Crippen molar-refractivity contribution in [1.82, 2.24) is 0 Å². The Morgan fingerprint density at radius 2 is 1.40 bits per heavy atom. The fourth-order valence-corrected chi connectivity index (χ4v) is 5.61. The van der Waals surface area contributed by atoms with Crippen LogP contribution in [0.3, 0.4) is 0 Å². The van der Waals surface area contributed by atoms with Crippen molar-refractivity contribution in [2.75, 3.05) is 0 Å². The predicted octanol–water partition coefficient (Wildman–Crippen LogP) is 4.32. The molecular weight excluding hydrogens is 631 g/mol. The molecule has 0 radical (unpaired) electrons. The third-order valence-electron chi connectivity index (χ3n) is 7.70. The molecule has 0 N–H and O–H groups in total. The molecule has 0 aliphatic heterocycles. The van der Waals surface area contributed by atoms with Crippen LogP contribution in [0.5, 0.6) is 0 Å². The molecule has 2 aliphatic rings. The smallest absolute Gasteiger partial charge is 1.00 e. The van der Waals surface area contributed by atoms with E-state index in [0.717, 1.165) is 6.42 Å². The number of aryl methyl sites for hydroxylation is 1. The first kappa shape index (κ1) is 38.5. The molecule has 0 heterocycles. The molecular formula is C39H48Cl2Zr-2. The Morgan fingerprint density at radius 3 is 1.86 bits per heavy atom. The first-order valence-corrected chi connectivity index (χ1v) is 16.1. The van der Waals surface area contributed by atoms with Gasteiger partial charge in [0.1, 0.15) is 0 Å². The zero-order valence-electron chi connectivity index (χ0n) is 27.5. The molecule has 0 aromatic heterocycles. The minimum absolute atomic E-state index is 0. The van der Waals surface area contributed by atoms with E-state index >= 15 is 0 Å². The van der Waals surface area contributed by atoms with Crippen LogP contribution in [0, 0.1) is 30.9 Å². The minimum Gasteiger partial charge on any atom is -1.00 e.